The zero-order valence-corrected chi connectivity index (χ0v) is 10.8. The molecule has 0 saturated heterocycles. The minimum atomic E-state index is 0.654. The van der Waals surface area contributed by atoms with Gasteiger partial charge in [0.2, 0.25) is 0 Å². The van der Waals surface area contributed by atoms with E-state index in [9.17, 15) is 0 Å². The van der Waals surface area contributed by atoms with Gasteiger partial charge in [0.05, 0.1) is 5.69 Å². The van der Waals surface area contributed by atoms with Crippen molar-refractivity contribution < 1.29 is 0 Å². The van der Waals surface area contributed by atoms with Crippen LogP contribution in [0.2, 0.25) is 0 Å². The predicted octanol–water partition coefficient (Wildman–Crippen LogP) is 3.46. The van der Waals surface area contributed by atoms with E-state index < -0.39 is 0 Å². The van der Waals surface area contributed by atoms with Gasteiger partial charge in [-0.25, -0.2) is 4.98 Å². The Kier molecular flexibility index (Phi) is 3.09. The fourth-order valence-electron chi connectivity index (χ4n) is 2.02. The van der Waals surface area contributed by atoms with Crippen molar-refractivity contribution in [1.29, 1.82) is 0 Å². The largest absolute Gasteiger partial charge is 0.330 e. The lowest BCUT2D eigenvalue weighted by Crippen LogP contribution is -2.02. The molecule has 0 aliphatic carbocycles. The molecule has 3 rings (SSSR count). The summed E-state index contributed by atoms with van der Waals surface area (Å²) in [7, 11) is 0. The molecule has 3 aromatic rings. The Morgan fingerprint density at radius 1 is 1.06 bits per heavy atom. The van der Waals surface area contributed by atoms with Crippen LogP contribution < -0.4 is 5.73 Å². The average Bonchev–Trinajstić information content (AvgIpc) is 2.87. The number of hydrogen-bond donors (Lipinski definition) is 1. The standard InChI is InChI=1S/C15H14N2S/c16-8-7-14-10-18-15(17-14)13-6-5-11-3-1-2-4-12(11)9-13/h1-6,9-10H,7-8,16H2. The van der Waals surface area contributed by atoms with Gasteiger partial charge >= 0.3 is 0 Å². The molecule has 0 spiro atoms. The molecule has 1 heterocycles. The lowest BCUT2D eigenvalue weighted by molar-refractivity contribution is 0.936. The second-order valence-electron chi connectivity index (χ2n) is 4.24. The van der Waals surface area contributed by atoms with Crippen molar-refractivity contribution in [3.8, 4) is 10.6 Å². The Hall–Kier alpha value is -1.71. The Labute approximate surface area is 110 Å². The van der Waals surface area contributed by atoms with E-state index in [2.05, 4.69) is 52.8 Å². The minimum absolute atomic E-state index is 0.654. The molecule has 0 unspecified atom stereocenters. The van der Waals surface area contributed by atoms with E-state index in [0.29, 0.717) is 6.54 Å². The van der Waals surface area contributed by atoms with Gasteiger partial charge in [-0.3, -0.25) is 0 Å². The third kappa shape index (κ3) is 2.15. The molecule has 0 fully saturated rings. The van der Waals surface area contributed by atoms with E-state index in [-0.39, 0.29) is 0 Å². The van der Waals surface area contributed by atoms with E-state index in [1.807, 2.05) is 0 Å². The third-order valence-corrected chi connectivity index (χ3v) is 3.89. The first-order chi connectivity index (χ1) is 8.86. The summed E-state index contributed by atoms with van der Waals surface area (Å²) in [5.41, 5.74) is 7.82. The van der Waals surface area contributed by atoms with E-state index >= 15 is 0 Å². The van der Waals surface area contributed by atoms with Crippen molar-refractivity contribution in [3.63, 3.8) is 0 Å². The average molecular weight is 254 g/mol. The quantitative estimate of drug-likeness (QED) is 0.777. The highest BCUT2D eigenvalue weighted by molar-refractivity contribution is 7.13. The van der Waals surface area contributed by atoms with Crippen molar-refractivity contribution in [1.82, 2.24) is 4.98 Å². The Morgan fingerprint density at radius 2 is 1.89 bits per heavy atom. The summed E-state index contributed by atoms with van der Waals surface area (Å²) in [4.78, 5) is 4.62. The zero-order chi connectivity index (χ0) is 12.4. The summed E-state index contributed by atoms with van der Waals surface area (Å²) < 4.78 is 0. The van der Waals surface area contributed by atoms with E-state index in [0.717, 1.165) is 17.1 Å². The van der Waals surface area contributed by atoms with Crippen LogP contribution in [0.1, 0.15) is 5.69 Å². The van der Waals surface area contributed by atoms with Crippen LogP contribution in [0, 0.1) is 0 Å². The van der Waals surface area contributed by atoms with Crippen molar-refractivity contribution >= 4 is 22.1 Å². The third-order valence-electron chi connectivity index (χ3n) is 2.95. The molecular formula is C15H14N2S. The second-order valence-corrected chi connectivity index (χ2v) is 5.10. The first kappa shape index (κ1) is 11.4. The van der Waals surface area contributed by atoms with Crippen LogP contribution in [-0.2, 0) is 6.42 Å². The number of nitrogens with zero attached hydrogens (tertiary/aromatic N) is 1. The number of benzene rings is 2. The molecule has 0 radical (unpaired) electrons. The molecular weight excluding hydrogens is 240 g/mol. The highest BCUT2D eigenvalue weighted by Crippen LogP contribution is 2.27. The van der Waals surface area contributed by atoms with Gasteiger partial charge < -0.3 is 5.73 Å². The summed E-state index contributed by atoms with van der Waals surface area (Å²) in [5, 5.41) is 5.69. The molecule has 0 amide bonds. The summed E-state index contributed by atoms with van der Waals surface area (Å²) in [5.74, 6) is 0. The number of thiazole rings is 1. The molecule has 2 N–H and O–H groups in total. The molecule has 0 bridgehead atoms. The number of fused-ring (bicyclic) bond motifs is 1. The molecule has 2 nitrogen and oxygen atoms in total. The summed E-state index contributed by atoms with van der Waals surface area (Å²) >= 11 is 1.68. The highest BCUT2D eigenvalue weighted by atomic mass is 32.1. The van der Waals surface area contributed by atoms with Crippen molar-refractivity contribution in [2.75, 3.05) is 6.54 Å². The van der Waals surface area contributed by atoms with Crippen LogP contribution in [0.15, 0.2) is 47.8 Å². The van der Waals surface area contributed by atoms with Crippen LogP contribution in [-0.4, -0.2) is 11.5 Å². The highest BCUT2D eigenvalue weighted by Gasteiger charge is 2.05. The van der Waals surface area contributed by atoms with Gasteiger partial charge in [-0.15, -0.1) is 11.3 Å². The Bertz CT molecular complexity index is 673. The van der Waals surface area contributed by atoms with Gasteiger partial charge in [0.25, 0.3) is 0 Å². The maximum Gasteiger partial charge on any atom is 0.123 e. The van der Waals surface area contributed by atoms with Gasteiger partial charge in [-0.05, 0) is 23.4 Å². The lowest BCUT2D eigenvalue weighted by atomic mass is 10.1. The first-order valence-electron chi connectivity index (χ1n) is 6.00. The topological polar surface area (TPSA) is 38.9 Å². The fraction of sp³-hybridized carbons (Fsp3) is 0.133. The van der Waals surface area contributed by atoms with Gasteiger partial charge in [-0.1, -0.05) is 36.4 Å². The van der Waals surface area contributed by atoms with E-state index in [1.54, 1.807) is 11.3 Å². The molecule has 1 aromatic heterocycles. The van der Waals surface area contributed by atoms with Crippen LogP contribution in [0.4, 0.5) is 0 Å². The molecule has 3 heteroatoms. The van der Waals surface area contributed by atoms with Crippen molar-refractivity contribution in [3.05, 3.63) is 53.5 Å². The monoisotopic (exact) mass is 254 g/mol. The van der Waals surface area contributed by atoms with E-state index in [1.165, 1.54) is 16.3 Å². The molecule has 2 aromatic carbocycles. The van der Waals surface area contributed by atoms with Crippen LogP contribution >= 0.6 is 11.3 Å². The molecule has 18 heavy (non-hydrogen) atoms. The predicted molar refractivity (Wildman–Crippen MR) is 77.8 cm³/mol. The number of nitrogens with two attached hydrogens (primary N) is 1. The maximum absolute atomic E-state index is 5.55. The van der Waals surface area contributed by atoms with Crippen molar-refractivity contribution in [2.45, 2.75) is 6.42 Å². The van der Waals surface area contributed by atoms with Gasteiger partial charge in [0.15, 0.2) is 0 Å². The second kappa shape index (κ2) is 4.88. The molecule has 0 aliphatic rings. The minimum Gasteiger partial charge on any atom is -0.330 e. The van der Waals surface area contributed by atoms with E-state index in [4.69, 9.17) is 5.73 Å². The van der Waals surface area contributed by atoms with Crippen LogP contribution in [0.3, 0.4) is 0 Å². The van der Waals surface area contributed by atoms with Crippen LogP contribution in [0.5, 0.6) is 0 Å². The zero-order valence-electron chi connectivity index (χ0n) is 9.97. The summed E-state index contributed by atoms with van der Waals surface area (Å²) in [6, 6.07) is 14.9. The molecule has 90 valence electrons. The van der Waals surface area contributed by atoms with Gasteiger partial charge in [0.1, 0.15) is 5.01 Å². The Balaban J connectivity index is 2.02. The lowest BCUT2D eigenvalue weighted by Gasteiger charge is -2.00. The first-order valence-corrected chi connectivity index (χ1v) is 6.88. The molecule has 0 saturated carbocycles. The normalized spacial score (nSPS) is 10.9. The smallest absolute Gasteiger partial charge is 0.123 e. The Morgan fingerprint density at radius 3 is 2.72 bits per heavy atom. The number of hydrogen-bond acceptors (Lipinski definition) is 3. The maximum atomic E-state index is 5.55. The van der Waals surface area contributed by atoms with Crippen LogP contribution in [0.25, 0.3) is 21.3 Å². The van der Waals surface area contributed by atoms with Gasteiger partial charge in [-0.2, -0.15) is 0 Å². The SMILES string of the molecule is NCCc1csc(-c2ccc3ccccc3c2)n1. The number of aromatic nitrogens is 1. The van der Waals surface area contributed by atoms with Crippen molar-refractivity contribution in [2.24, 2.45) is 5.73 Å². The molecule has 0 aliphatic heterocycles. The summed E-state index contributed by atoms with van der Waals surface area (Å²) in [6.07, 6.45) is 0.851. The van der Waals surface area contributed by atoms with Gasteiger partial charge in [0, 0.05) is 17.4 Å². The fourth-order valence-corrected chi connectivity index (χ4v) is 2.88. The summed E-state index contributed by atoms with van der Waals surface area (Å²) in [6.45, 7) is 0.654. The molecule has 0 atom stereocenters. The number of rotatable bonds is 3.